The fourth-order valence-electron chi connectivity index (χ4n) is 5.13. The summed E-state index contributed by atoms with van der Waals surface area (Å²) in [6.45, 7) is 2.84. The fourth-order valence-corrected chi connectivity index (χ4v) is 5.13. The van der Waals surface area contributed by atoms with Gasteiger partial charge >= 0.3 is 0 Å². The van der Waals surface area contributed by atoms with Crippen LogP contribution in [0.15, 0.2) is 18.3 Å². The summed E-state index contributed by atoms with van der Waals surface area (Å²) in [4.78, 5) is 11.9. The van der Waals surface area contributed by atoms with Crippen LogP contribution in [-0.4, -0.2) is 55.4 Å². The number of methoxy groups -OCH3 is 1. The van der Waals surface area contributed by atoms with Crippen LogP contribution in [-0.2, 0) is 0 Å². The number of aromatic amines is 1. The molecule has 9 heteroatoms. The van der Waals surface area contributed by atoms with Crippen LogP contribution in [0.2, 0.25) is 0 Å². The van der Waals surface area contributed by atoms with Crippen molar-refractivity contribution in [3.63, 3.8) is 0 Å². The highest BCUT2D eigenvalue weighted by Gasteiger charge is 2.41. The van der Waals surface area contributed by atoms with E-state index in [1.807, 2.05) is 19.1 Å². The molecule has 0 aliphatic carbocycles. The second-order valence-electron chi connectivity index (χ2n) is 8.23. The molecule has 2 aliphatic heterocycles. The Kier molecular flexibility index (Phi) is 4.79. The van der Waals surface area contributed by atoms with Gasteiger partial charge in [-0.15, -0.1) is 0 Å². The molecule has 0 aromatic carbocycles. The molecule has 9 nitrogen and oxygen atoms in total. The number of nitrogens with zero attached hydrogens (tertiary/aromatic N) is 6. The lowest BCUT2D eigenvalue weighted by molar-refractivity contribution is 0.111. The molecular formula is C21H26N8O. The average Bonchev–Trinajstić information content (AvgIpc) is 3.41. The van der Waals surface area contributed by atoms with E-state index in [0.717, 1.165) is 36.1 Å². The first-order valence-electron chi connectivity index (χ1n) is 10.5. The molecule has 3 aromatic heterocycles. The molecule has 2 aliphatic rings. The lowest BCUT2D eigenvalue weighted by Gasteiger charge is -2.39. The van der Waals surface area contributed by atoms with E-state index in [4.69, 9.17) is 15.0 Å². The summed E-state index contributed by atoms with van der Waals surface area (Å²) in [6.07, 6.45) is 7.32. The lowest BCUT2D eigenvalue weighted by Crippen LogP contribution is -2.43. The van der Waals surface area contributed by atoms with Gasteiger partial charge in [0.2, 0.25) is 11.8 Å². The summed E-state index contributed by atoms with van der Waals surface area (Å²) in [7, 11) is 1.63. The Morgan fingerprint density at radius 1 is 1.27 bits per heavy atom. The Balaban J connectivity index is 1.45. The van der Waals surface area contributed by atoms with Crippen LogP contribution in [0, 0.1) is 18.3 Å². The van der Waals surface area contributed by atoms with E-state index in [9.17, 15) is 0 Å². The summed E-state index contributed by atoms with van der Waals surface area (Å²) in [5, 5.41) is 20.2. The fraction of sp³-hybridized carbons (Fsp3) is 0.524. The number of rotatable bonds is 6. The molecule has 30 heavy (non-hydrogen) atoms. The number of ether oxygens (including phenoxy) is 1. The van der Waals surface area contributed by atoms with E-state index in [1.54, 1.807) is 7.11 Å². The van der Waals surface area contributed by atoms with Crippen LogP contribution in [0.3, 0.4) is 0 Å². The number of aromatic nitrogens is 5. The van der Waals surface area contributed by atoms with Crippen LogP contribution >= 0.6 is 0 Å². The number of anilines is 2. The summed E-state index contributed by atoms with van der Waals surface area (Å²) in [6, 6.07) is 7.73. The van der Waals surface area contributed by atoms with Gasteiger partial charge in [-0.3, -0.25) is 10.00 Å². The van der Waals surface area contributed by atoms with Crippen molar-refractivity contribution in [2.75, 3.05) is 19.0 Å². The van der Waals surface area contributed by atoms with Crippen molar-refractivity contribution >= 4 is 22.8 Å². The molecule has 3 aromatic rings. The third kappa shape index (κ3) is 3.27. The first kappa shape index (κ1) is 18.9. The molecule has 2 unspecified atom stereocenters. The number of hydrogen-bond donors (Lipinski definition) is 2. The van der Waals surface area contributed by atoms with Crippen molar-refractivity contribution in [2.45, 2.75) is 57.2 Å². The molecule has 2 fully saturated rings. The maximum Gasteiger partial charge on any atom is 0.233 e. The lowest BCUT2D eigenvalue weighted by atomic mass is 9.97. The quantitative estimate of drug-likeness (QED) is 0.647. The molecule has 0 radical (unpaired) electrons. The number of hydrogen-bond acceptors (Lipinski definition) is 7. The molecule has 0 saturated carbocycles. The van der Waals surface area contributed by atoms with E-state index < -0.39 is 0 Å². The van der Waals surface area contributed by atoms with Gasteiger partial charge in [0.1, 0.15) is 5.65 Å². The third-order valence-electron chi connectivity index (χ3n) is 6.41. The number of aryl methyl sites for hydroxylation is 1. The molecule has 0 amide bonds. The monoisotopic (exact) mass is 406 g/mol. The zero-order chi connectivity index (χ0) is 20.7. The Morgan fingerprint density at radius 3 is 2.73 bits per heavy atom. The maximum atomic E-state index is 8.97. The van der Waals surface area contributed by atoms with Crippen LogP contribution in [0.1, 0.15) is 43.8 Å². The molecule has 2 bridgehead atoms. The van der Waals surface area contributed by atoms with Gasteiger partial charge in [-0.1, -0.05) is 0 Å². The van der Waals surface area contributed by atoms with Gasteiger partial charge in [0.05, 0.1) is 18.6 Å². The number of nitriles is 1. The number of H-pyrrole nitrogens is 1. The first-order chi connectivity index (χ1) is 14.7. The van der Waals surface area contributed by atoms with Crippen LogP contribution in [0.4, 0.5) is 11.8 Å². The summed E-state index contributed by atoms with van der Waals surface area (Å²) < 4.78 is 7.84. The van der Waals surface area contributed by atoms with E-state index in [0.29, 0.717) is 42.2 Å². The van der Waals surface area contributed by atoms with Crippen LogP contribution in [0.5, 0.6) is 5.88 Å². The van der Waals surface area contributed by atoms with Crippen molar-refractivity contribution in [1.29, 1.82) is 5.26 Å². The van der Waals surface area contributed by atoms with Gasteiger partial charge in [-0.05, 0) is 38.7 Å². The molecule has 2 N–H and O–H groups in total. The minimum absolute atomic E-state index is 0.387. The number of nitrogens with one attached hydrogen (secondary N) is 2. The highest BCUT2D eigenvalue weighted by molar-refractivity contribution is 5.83. The Hall–Kier alpha value is -3.12. The summed E-state index contributed by atoms with van der Waals surface area (Å²) in [5.74, 6) is 1.71. The Morgan fingerprint density at radius 2 is 2.07 bits per heavy atom. The zero-order valence-electron chi connectivity index (χ0n) is 17.3. The highest BCUT2D eigenvalue weighted by atomic mass is 16.5. The molecule has 156 valence electrons. The van der Waals surface area contributed by atoms with Gasteiger partial charge in [-0.2, -0.15) is 20.3 Å². The standard InChI is InChI=1S/C21H26N8O/c1-13-10-18(27-26-13)23-21-24-19-17(20(25-21)30-2)6-9-29(19)16-11-14-4-5-15(12-16)28(14)8-3-7-22/h6,9-10,14-16H,3-5,8,11-12H2,1-2H3,(H2,23,24,25,26,27). The molecule has 0 spiro atoms. The third-order valence-corrected chi connectivity index (χ3v) is 6.41. The smallest absolute Gasteiger partial charge is 0.233 e. The van der Waals surface area contributed by atoms with Gasteiger partial charge < -0.3 is 14.6 Å². The van der Waals surface area contributed by atoms with Crippen LogP contribution < -0.4 is 10.1 Å². The zero-order valence-corrected chi connectivity index (χ0v) is 17.3. The molecule has 2 saturated heterocycles. The number of piperidine rings is 1. The topological polar surface area (TPSA) is 108 Å². The SMILES string of the molecule is COc1nc(Nc2cc(C)[nH]n2)nc2c1ccn2C1CC2CCC(C1)N2CCC#N. The van der Waals surface area contributed by atoms with Crippen molar-refractivity contribution in [3.8, 4) is 11.9 Å². The van der Waals surface area contributed by atoms with Gasteiger partial charge in [0.15, 0.2) is 5.82 Å². The second-order valence-corrected chi connectivity index (χ2v) is 8.23. The normalized spacial score (nSPS) is 23.6. The predicted molar refractivity (Wildman–Crippen MR) is 113 cm³/mol. The van der Waals surface area contributed by atoms with Crippen molar-refractivity contribution in [1.82, 2.24) is 29.6 Å². The molecule has 5 rings (SSSR count). The van der Waals surface area contributed by atoms with Crippen molar-refractivity contribution in [2.24, 2.45) is 0 Å². The van der Waals surface area contributed by atoms with E-state index >= 15 is 0 Å². The molecule has 2 atom stereocenters. The summed E-state index contributed by atoms with van der Waals surface area (Å²) >= 11 is 0. The van der Waals surface area contributed by atoms with Crippen molar-refractivity contribution < 1.29 is 4.74 Å². The molecular weight excluding hydrogens is 380 g/mol. The Bertz CT molecular complexity index is 1080. The highest BCUT2D eigenvalue weighted by Crippen LogP contribution is 2.42. The van der Waals surface area contributed by atoms with Gasteiger partial charge in [-0.25, -0.2) is 0 Å². The average molecular weight is 406 g/mol. The van der Waals surface area contributed by atoms with E-state index in [2.05, 4.69) is 42.2 Å². The largest absolute Gasteiger partial charge is 0.480 e. The van der Waals surface area contributed by atoms with Gasteiger partial charge in [0.25, 0.3) is 0 Å². The van der Waals surface area contributed by atoms with Crippen LogP contribution in [0.25, 0.3) is 11.0 Å². The second kappa shape index (κ2) is 7.61. The van der Waals surface area contributed by atoms with E-state index in [1.165, 1.54) is 12.8 Å². The van der Waals surface area contributed by atoms with Gasteiger partial charge in [0, 0.05) is 49.0 Å². The predicted octanol–water partition coefficient (Wildman–Crippen LogP) is 3.30. The number of fused-ring (bicyclic) bond motifs is 3. The van der Waals surface area contributed by atoms with E-state index in [-0.39, 0.29) is 0 Å². The molecule has 5 heterocycles. The minimum atomic E-state index is 0.387. The maximum absolute atomic E-state index is 8.97. The summed E-state index contributed by atoms with van der Waals surface area (Å²) in [5.41, 5.74) is 1.85. The van der Waals surface area contributed by atoms with Crippen molar-refractivity contribution in [3.05, 3.63) is 24.0 Å². The minimum Gasteiger partial charge on any atom is -0.480 e. The first-order valence-corrected chi connectivity index (χ1v) is 10.5. The Labute approximate surface area is 175 Å².